The second-order valence-corrected chi connectivity index (χ2v) is 8.76. The predicted molar refractivity (Wildman–Crippen MR) is 128 cm³/mol. The summed E-state index contributed by atoms with van der Waals surface area (Å²) in [6.07, 6.45) is -8.40. The average molecular weight is 536 g/mol. The molecule has 2 heterocycles. The molecule has 1 aromatic carbocycles. The van der Waals surface area contributed by atoms with E-state index in [9.17, 15) is 24.1 Å². The Labute approximate surface area is 228 Å². The summed E-state index contributed by atoms with van der Waals surface area (Å²) in [5, 5.41) is 40.9. The summed E-state index contributed by atoms with van der Waals surface area (Å²) < 4.78 is 137. The molecule has 6 atom stereocenters. The van der Waals surface area contributed by atoms with Crippen LogP contribution in [-0.4, -0.2) is 83.5 Å². The summed E-state index contributed by atoms with van der Waals surface area (Å²) in [5.74, 6) is -5.74. The Morgan fingerprint density at radius 1 is 1.31 bits per heavy atom. The standard InChI is InChI=1S/C23H28F2N6O4S/c1-2-7-36-23-27-21(26-15-9-12(15)11-3-4-13(24)14(25)8-11)18-22(28-23)31(30-29-18)16-10-17(35-6-5-32)20(34)19(16)33/h3-4,8,12,15-17,19-20,32-34H,2,5-7,9-10H2,1H3,(H,26,27,28)/t12?,15-,16+,17-,19-,20+/m0/s1/i1D3,2D2,3D,4D,5D2,7D2,8D,12D. The molecular weight excluding hydrogens is 494 g/mol. The highest BCUT2D eigenvalue weighted by Gasteiger charge is 2.45. The molecule has 1 unspecified atom stereocenters. The molecule has 5 rings (SSSR count). The fourth-order valence-corrected chi connectivity index (χ4v) is 4.45. The molecule has 0 amide bonds. The van der Waals surface area contributed by atoms with Gasteiger partial charge in [-0.15, -0.1) is 5.10 Å². The van der Waals surface area contributed by atoms with E-state index in [-0.39, 0.29) is 41.6 Å². The molecule has 2 aliphatic carbocycles. The normalized spacial score (nSPS) is 36.5. The summed E-state index contributed by atoms with van der Waals surface area (Å²) in [6, 6.07) is -5.45. The van der Waals surface area contributed by atoms with E-state index in [1.54, 1.807) is 0 Å². The number of nitrogens with one attached hydrogen (secondary N) is 1. The highest BCUT2D eigenvalue weighted by Crippen LogP contribution is 2.44. The molecule has 0 bridgehead atoms. The smallest absolute Gasteiger partial charge is 0.191 e. The third-order valence-electron chi connectivity index (χ3n) is 5.81. The summed E-state index contributed by atoms with van der Waals surface area (Å²) in [6.45, 7) is -7.07. The van der Waals surface area contributed by atoms with Crippen molar-refractivity contribution in [2.45, 2.75) is 67.5 Å². The lowest BCUT2D eigenvalue weighted by Crippen LogP contribution is -2.33. The van der Waals surface area contributed by atoms with Gasteiger partial charge in [0.15, 0.2) is 33.8 Å². The van der Waals surface area contributed by atoms with Crippen LogP contribution >= 0.6 is 11.8 Å². The SMILES string of the molecule is [2H]c1c([2H])c(C2([2H])C[C@@H]2Nc2nc(SC([2H])([2H])C([2H])([2H])C([2H])([2H])[2H])nc3c2nnn3[C@@H]2C[C@H](OCC([2H])([2H])O)[C@@H](O)[C@H]2O)c([2H])c(F)c1F. The van der Waals surface area contributed by atoms with E-state index >= 15 is 0 Å². The van der Waals surface area contributed by atoms with Crippen molar-refractivity contribution >= 4 is 28.7 Å². The van der Waals surface area contributed by atoms with Crippen LogP contribution in [0.25, 0.3) is 11.2 Å². The van der Waals surface area contributed by atoms with Gasteiger partial charge in [-0.3, -0.25) is 0 Å². The maximum Gasteiger partial charge on any atom is 0.191 e. The second-order valence-electron chi connectivity index (χ2n) is 7.99. The summed E-state index contributed by atoms with van der Waals surface area (Å²) in [7, 11) is 0. The summed E-state index contributed by atoms with van der Waals surface area (Å²) >= 11 is -0.0314. The van der Waals surface area contributed by atoms with E-state index in [1.165, 1.54) is 0 Å². The molecule has 0 radical (unpaired) electrons. The lowest BCUT2D eigenvalue weighted by Gasteiger charge is -2.17. The first kappa shape index (κ1) is 13.9. The largest absolute Gasteiger partial charge is 0.394 e. The van der Waals surface area contributed by atoms with Crippen LogP contribution in [0.15, 0.2) is 23.3 Å². The average Bonchev–Trinajstić information content (AvgIpc) is 3.28. The molecule has 194 valence electrons. The van der Waals surface area contributed by atoms with E-state index in [0.717, 1.165) is 4.68 Å². The summed E-state index contributed by atoms with van der Waals surface area (Å²) in [4.78, 5) is 8.32. The molecule has 2 fully saturated rings. The number of hydrogen-bond acceptors (Lipinski definition) is 10. The van der Waals surface area contributed by atoms with Gasteiger partial charge >= 0.3 is 0 Å². The molecule has 10 nitrogen and oxygen atoms in total. The number of aliphatic hydroxyl groups is 3. The van der Waals surface area contributed by atoms with Crippen molar-refractivity contribution in [2.75, 3.05) is 24.2 Å². The van der Waals surface area contributed by atoms with Crippen molar-refractivity contribution in [3.63, 3.8) is 0 Å². The number of benzene rings is 1. The van der Waals surface area contributed by atoms with E-state index in [1.807, 2.05) is 0 Å². The molecule has 2 aromatic heterocycles. The number of rotatable bonds is 10. The highest BCUT2D eigenvalue weighted by atomic mass is 32.2. The Kier molecular flexibility index (Phi) is 4.06. The van der Waals surface area contributed by atoms with Gasteiger partial charge in [0.1, 0.15) is 12.2 Å². The number of hydrogen-bond donors (Lipinski definition) is 4. The van der Waals surface area contributed by atoms with Gasteiger partial charge in [0.25, 0.3) is 0 Å². The van der Waals surface area contributed by atoms with E-state index in [2.05, 4.69) is 25.6 Å². The van der Waals surface area contributed by atoms with Crippen molar-refractivity contribution in [1.82, 2.24) is 25.0 Å². The molecule has 2 saturated carbocycles. The monoisotopic (exact) mass is 535 g/mol. The Hall–Kier alpha value is -2.45. The minimum absolute atomic E-state index is 0.0314. The molecule has 3 aromatic rings. The van der Waals surface area contributed by atoms with Crippen LogP contribution in [0.3, 0.4) is 0 Å². The second kappa shape index (κ2) is 10.5. The highest BCUT2D eigenvalue weighted by molar-refractivity contribution is 7.99. The van der Waals surface area contributed by atoms with Crippen LogP contribution in [0.2, 0.25) is 0 Å². The molecular formula is C23H28F2N6O4S. The van der Waals surface area contributed by atoms with Crippen LogP contribution in [0.4, 0.5) is 14.6 Å². The number of ether oxygens (including phenoxy) is 1. The zero-order valence-electron chi connectivity index (χ0n) is 31.2. The zero-order valence-corrected chi connectivity index (χ0v) is 19.0. The van der Waals surface area contributed by atoms with Crippen molar-refractivity contribution in [3.05, 3.63) is 35.3 Å². The van der Waals surface area contributed by atoms with Crippen LogP contribution in [0.1, 0.15) is 61.4 Å². The maximum absolute atomic E-state index is 14.4. The lowest BCUT2D eigenvalue weighted by atomic mass is 10.1. The van der Waals surface area contributed by atoms with E-state index in [0.29, 0.717) is 0 Å². The van der Waals surface area contributed by atoms with Gasteiger partial charge in [0.2, 0.25) is 0 Å². The Balaban J connectivity index is 1.56. The van der Waals surface area contributed by atoms with Crippen LogP contribution in [0.5, 0.6) is 0 Å². The number of thioether (sulfide) groups is 1. The quantitative estimate of drug-likeness (QED) is 0.225. The van der Waals surface area contributed by atoms with Gasteiger partial charge in [0, 0.05) is 35.0 Å². The van der Waals surface area contributed by atoms with Gasteiger partial charge in [-0.1, -0.05) is 29.9 Å². The third kappa shape index (κ3) is 4.90. The van der Waals surface area contributed by atoms with Crippen molar-refractivity contribution in [3.8, 4) is 0 Å². The van der Waals surface area contributed by atoms with Gasteiger partial charge in [-0.25, -0.2) is 23.4 Å². The fourth-order valence-electron chi connectivity index (χ4n) is 4.04. The number of halogens is 2. The van der Waals surface area contributed by atoms with E-state index < -0.39 is 109 Å². The fraction of sp³-hybridized carbons (Fsp3) is 0.565. The minimum Gasteiger partial charge on any atom is -0.394 e. The van der Waals surface area contributed by atoms with Crippen molar-refractivity contribution < 1.29 is 46.7 Å². The van der Waals surface area contributed by atoms with Gasteiger partial charge < -0.3 is 25.4 Å². The van der Waals surface area contributed by atoms with Crippen LogP contribution in [-0.2, 0) is 4.74 Å². The molecule has 13 heteroatoms. The van der Waals surface area contributed by atoms with Gasteiger partial charge in [0.05, 0.1) is 32.2 Å². The molecule has 0 saturated heterocycles. The third-order valence-corrected chi connectivity index (χ3v) is 6.38. The zero-order chi connectivity index (χ0) is 36.8. The van der Waals surface area contributed by atoms with Crippen LogP contribution < -0.4 is 5.32 Å². The first-order chi connectivity index (χ1) is 22.3. The molecule has 0 spiro atoms. The topological polar surface area (TPSA) is 138 Å². The number of fused-ring (bicyclic) bond motifs is 1. The van der Waals surface area contributed by atoms with E-state index in [4.69, 9.17) is 22.6 Å². The lowest BCUT2D eigenvalue weighted by molar-refractivity contribution is -0.0629. The summed E-state index contributed by atoms with van der Waals surface area (Å²) in [5.41, 5.74) is -4.29. The van der Waals surface area contributed by atoms with Crippen molar-refractivity contribution in [2.24, 2.45) is 0 Å². The molecule has 36 heavy (non-hydrogen) atoms. The molecule has 4 N–H and O–H groups in total. The number of anilines is 1. The van der Waals surface area contributed by atoms with Crippen molar-refractivity contribution in [1.29, 1.82) is 0 Å². The minimum atomic E-state index is -3.45. The maximum atomic E-state index is 14.4. The molecule has 2 aliphatic rings. The van der Waals surface area contributed by atoms with Gasteiger partial charge in [-0.2, -0.15) is 0 Å². The molecule has 0 aliphatic heterocycles. The first-order valence-electron chi connectivity index (χ1n) is 17.1. The van der Waals surface area contributed by atoms with Crippen LogP contribution in [0, 0.1) is 11.6 Å². The number of aliphatic hydroxyl groups excluding tert-OH is 2. The number of nitrogens with zero attached hydrogens (tertiary/aromatic N) is 5. The Bertz CT molecular complexity index is 1750. The first-order valence-corrected chi connectivity index (χ1v) is 11.4. The number of aromatic nitrogens is 5. The Morgan fingerprint density at radius 3 is 2.97 bits per heavy atom. The predicted octanol–water partition coefficient (Wildman–Crippen LogP) is 2.01. The Morgan fingerprint density at radius 2 is 2.17 bits per heavy atom. The van der Waals surface area contributed by atoms with Gasteiger partial charge in [-0.05, 0) is 30.4 Å².